The first kappa shape index (κ1) is 40.2. The third-order valence-electron chi connectivity index (χ3n) is 12.1. The number of carbonyl (C=O) groups excluding carboxylic acids is 3. The second kappa shape index (κ2) is 15.9. The number of aromatic nitrogens is 4. The number of likely N-dealkylation sites (tertiary alicyclic amines) is 2. The van der Waals surface area contributed by atoms with Gasteiger partial charge in [0, 0.05) is 37.1 Å². The lowest BCUT2D eigenvalue weighted by Gasteiger charge is -2.30. The van der Waals surface area contributed by atoms with Gasteiger partial charge in [-0.3, -0.25) is 9.69 Å². The molecule has 59 heavy (non-hydrogen) atoms. The number of carbonyl (C=O) groups is 3. The number of nitrogens with zero attached hydrogens (tertiary/aromatic N) is 4. The van der Waals surface area contributed by atoms with Gasteiger partial charge in [-0.25, -0.2) is 19.6 Å². The van der Waals surface area contributed by atoms with Crippen LogP contribution in [0.2, 0.25) is 0 Å². The Morgan fingerprint density at radius 1 is 0.983 bits per heavy atom. The van der Waals surface area contributed by atoms with Gasteiger partial charge in [-0.15, -0.1) is 0 Å². The van der Waals surface area contributed by atoms with Crippen molar-refractivity contribution in [2.75, 3.05) is 33.9 Å². The maximum Gasteiger partial charge on any atom is 0.410 e. The first-order chi connectivity index (χ1) is 28.2. The average Bonchev–Trinajstić information content (AvgIpc) is 4.03. The molecule has 6 atom stereocenters. The van der Waals surface area contributed by atoms with Crippen molar-refractivity contribution in [2.45, 2.75) is 91.1 Å². The molecule has 3 unspecified atom stereocenters. The van der Waals surface area contributed by atoms with Crippen LogP contribution in [-0.4, -0.2) is 93.4 Å². The Kier molecular flexibility index (Phi) is 10.8. The van der Waals surface area contributed by atoms with Crippen LogP contribution in [0, 0.1) is 17.8 Å². The normalized spacial score (nSPS) is 21.2. The molecule has 14 nitrogen and oxygen atoms in total. The van der Waals surface area contributed by atoms with E-state index >= 15 is 0 Å². The molecule has 312 valence electrons. The van der Waals surface area contributed by atoms with Crippen LogP contribution in [0.4, 0.5) is 9.59 Å². The van der Waals surface area contributed by atoms with Gasteiger partial charge in [0.1, 0.15) is 35.6 Å². The zero-order chi connectivity index (χ0) is 41.7. The molecule has 5 heterocycles. The lowest BCUT2D eigenvalue weighted by Crippen LogP contribution is -2.51. The number of ether oxygens (including phenoxy) is 4. The largest absolute Gasteiger partial charge is 0.488 e. The van der Waals surface area contributed by atoms with E-state index in [0.29, 0.717) is 26.3 Å². The Hall–Kier alpha value is -5.63. The van der Waals surface area contributed by atoms with Crippen LogP contribution in [0.25, 0.3) is 44.2 Å². The standard InChI is InChI=1S/C45H55N7O7/c1-9-25(3)38(50-43(54)57-8)42(53)51-20-24(2)14-35(51)40-46-19-34(48-40)28-10-12-30-29(16-28)23-58-37-18-31-27(17-32(30)37)11-13-33-39(31)49-41(47-33)36-15-26(22-56-7)21-52(36)44(55)59-45(4,5)6/h10-13,16-19,24-26,35-36,38H,9,14-15,20-23H2,1-8H3,(H,46,48)(H,47,49)(H,50,54)/t24-,25?,26?,35?,36-,38-/m0/s1. The summed E-state index contributed by atoms with van der Waals surface area (Å²) in [5, 5.41) is 4.77. The number of H-pyrrole nitrogens is 2. The van der Waals surface area contributed by atoms with Gasteiger partial charge in [0.25, 0.3) is 0 Å². The fourth-order valence-corrected chi connectivity index (χ4v) is 8.94. The smallest absolute Gasteiger partial charge is 0.410 e. The summed E-state index contributed by atoms with van der Waals surface area (Å²) in [6.07, 6.45) is 3.06. The number of hydrogen-bond donors (Lipinski definition) is 3. The molecule has 8 rings (SSSR count). The highest BCUT2D eigenvalue weighted by Crippen LogP contribution is 2.44. The van der Waals surface area contributed by atoms with E-state index in [1.165, 1.54) is 7.11 Å². The molecule has 0 spiro atoms. The lowest BCUT2D eigenvalue weighted by atomic mass is 9.92. The molecule has 0 aliphatic carbocycles. The Labute approximate surface area is 344 Å². The number of imidazole rings is 2. The van der Waals surface area contributed by atoms with Crippen LogP contribution in [0.1, 0.15) is 90.1 Å². The van der Waals surface area contributed by atoms with E-state index in [-0.39, 0.29) is 41.8 Å². The summed E-state index contributed by atoms with van der Waals surface area (Å²) in [6, 6.07) is 13.5. The van der Waals surface area contributed by atoms with Crippen LogP contribution in [0.15, 0.2) is 48.7 Å². The third-order valence-corrected chi connectivity index (χ3v) is 12.1. The summed E-state index contributed by atoms with van der Waals surface area (Å²) in [5.74, 6) is 2.47. The molecular weight excluding hydrogens is 751 g/mol. The molecule has 0 radical (unpaired) electrons. The molecule has 5 aromatic rings. The third kappa shape index (κ3) is 7.82. The molecule has 3 aromatic carbocycles. The summed E-state index contributed by atoms with van der Waals surface area (Å²) >= 11 is 0. The van der Waals surface area contributed by atoms with E-state index in [4.69, 9.17) is 28.9 Å². The second-order valence-electron chi connectivity index (χ2n) is 17.5. The predicted octanol–water partition coefficient (Wildman–Crippen LogP) is 8.29. The van der Waals surface area contributed by atoms with Crippen LogP contribution >= 0.6 is 0 Å². The van der Waals surface area contributed by atoms with E-state index in [2.05, 4.69) is 58.6 Å². The minimum atomic E-state index is -0.693. The molecule has 14 heteroatoms. The summed E-state index contributed by atoms with van der Waals surface area (Å²) < 4.78 is 22.5. The highest BCUT2D eigenvalue weighted by molar-refractivity contribution is 6.07. The molecular formula is C45H55N7O7. The fourth-order valence-electron chi connectivity index (χ4n) is 8.94. The van der Waals surface area contributed by atoms with Crippen molar-refractivity contribution in [3.63, 3.8) is 0 Å². The molecule has 3 N–H and O–H groups in total. The van der Waals surface area contributed by atoms with Gasteiger partial charge in [-0.1, -0.05) is 45.4 Å². The number of aromatic amines is 2. The van der Waals surface area contributed by atoms with Crippen LogP contribution in [-0.2, 0) is 25.6 Å². The van der Waals surface area contributed by atoms with Crippen molar-refractivity contribution in [3.8, 4) is 28.1 Å². The number of methoxy groups -OCH3 is 2. The number of amides is 3. The Balaban J connectivity index is 1.05. The van der Waals surface area contributed by atoms with Crippen LogP contribution < -0.4 is 10.1 Å². The Bertz CT molecular complexity index is 2400. The van der Waals surface area contributed by atoms with E-state index in [0.717, 1.165) is 86.4 Å². The number of rotatable bonds is 9. The van der Waals surface area contributed by atoms with E-state index < -0.39 is 17.7 Å². The SMILES string of the molecule is CCC(C)[C@H](NC(=O)OC)C(=O)N1C[C@@H](C)CC1c1ncc(-c2ccc3c(c2)COc2cc4c(ccc5[nH]c([C@@H]6CC(COC)CN6C(=O)OC(C)(C)C)nc54)cc2-3)[nH]1. The van der Waals surface area contributed by atoms with Crippen molar-refractivity contribution >= 4 is 39.9 Å². The molecule has 2 aromatic heterocycles. The number of benzene rings is 3. The highest BCUT2D eigenvalue weighted by atomic mass is 16.6. The highest BCUT2D eigenvalue weighted by Gasteiger charge is 2.42. The summed E-state index contributed by atoms with van der Waals surface area (Å²) in [6.45, 7) is 13.8. The molecule has 2 saturated heterocycles. The predicted molar refractivity (Wildman–Crippen MR) is 224 cm³/mol. The number of hydrogen-bond acceptors (Lipinski definition) is 9. The molecule has 3 aliphatic heterocycles. The minimum absolute atomic E-state index is 0.0690. The van der Waals surface area contributed by atoms with Crippen molar-refractivity contribution in [1.82, 2.24) is 35.1 Å². The number of fused-ring (bicyclic) bond motifs is 6. The Morgan fingerprint density at radius 2 is 1.78 bits per heavy atom. The lowest BCUT2D eigenvalue weighted by molar-refractivity contribution is -0.135. The zero-order valence-electron chi connectivity index (χ0n) is 35.2. The maximum absolute atomic E-state index is 13.9. The van der Waals surface area contributed by atoms with Gasteiger partial charge in [0.05, 0.1) is 48.7 Å². The molecule has 2 fully saturated rings. The van der Waals surface area contributed by atoms with Crippen LogP contribution in [0.5, 0.6) is 5.75 Å². The van der Waals surface area contributed by atoms with Gasteiger partial charge in [0.15, 0.2) is 0 Å². The van der Waals surface area contributed by atoms with Gasteiger partial charge in [0.2, 0.25) is 5.91 Å². The maximum atomic E-state index is 13.9. The average molecular weight is 806 g/mol. The number of alkyl carbamates (subject to hydrolysis) is 1. The Morgan fingerprint density at radius 3 is 2.53 bits per heavy atom. The minimum Gasteiger partial charge on any atom is -0.488 e. The number of nitrogens with one attached hydrogen (secondary N) is 3. The van der Waals surface area contributed by atoms with Crippen molar-refractivity contribution in [3.05, 3.63) is 65.9 Å². The monoisotopic (exact) mass is 805 g/mol. The summed E-state index contributed by atoms with van der Waals surface area (Å²) in [4.78, 5) is 60.0. The summed E-state index contributed by atoms with van der Waals surface area (Å²) in [7, 11) is 2.99. The first-order valence-electron chi connectivity index (χ1n) is 20.7. The quantitative estimate of drug-likeness (QED) is 0.133. The molecule has 0 saturated carbocycles. The summed E-state index contributed by atoms with van der Waals surface area (Å²) in [5.41, 5.74) is 6.07. The van der Waals surface area contributed by atoms with E-state index in [1.54, 1.807) is 12.0 Å². The van der Waals surface area contributed by atoms with Crippen molar-refractivity contribution in [1.29, 1.82) is 0 Å². The van der Waals surface area contributed by atoms with Crippen molar-refractivity contribution < 1.29 is 33.3 Å². The van der Waals surface area contributed by atoms with E-state index in [1.807, 2.05) is 51.8 Å². The zero-order valence-corrected chi connectivity index (χ0v) is 35.2. The molecule has 0 bridgehead atoms. The van der Waals surface area contributed by atoms with Gasteiger partial charge in [-0.2, -0.15) is 0 Å². The van der Waals surface area contributed by atoms with Gasteiger partial charge < -0.3 is 39.1 Å². The fraction of sp³-hybridized carbons (Fsp3) is 0.489. The van der Waals surface area contributed by atoms with Crippen molar-refractivity contribution in [2.24, 2.45) is 17.8 Å². The molecule has 3 amide bonds. The first-order valence-corrected chi connectivity index (χ1v) is 20.7. The second-order valence-corrected chi connectivity index (χ2v) is 17.5. The van der Waals surface area contributed by atoms with E-state index in [9.17, 15) is 14.4 Å². The molecule has 3 aliphatic rings. The van der Waals surface area contributed by atoms with Gasteiger partial charge in [-0.05, 0) is 91.8 Å². The topological polar surface area (TPSA) is 164 Å². The van der Waals surface area contributed by atoms with Crippen LogP contribution in [0.3, 0.4) is 0 Å². The van der Waals surface area contributed by atoms with Gasteiger partial charge >= 0.3 is 12.2 Å².